The number of carboxylic acid groups (broad SMARTS) is 6. The fraction of sp³-hybridized carbons (Fsp3) is 0.857. The Morgan fingerprint density at radius 3 is 0.360 bits per heavy atom. The first-order chi connectivity index (χ1) is 34.5. The Bertz CT molecular complexity index is 1080. The van der Waals surface area contributed by atoms with Crippen molar-refractivity contribution in [3.8, 4) is 0 Å². The van der Waals surface area contributed by atoms with E-state index in [4.69, 9.17) is 48.5 Å². The van der Waals surface area contributed by atoms with Gasteiger partial charge in [0.1, 0.15) is 0 Å². The minimum atomic E-state index is -0.991. The zero-order chi connectivity index (χ0) is 64.3. The molecule has 0 aliphatic carbocycles. The van der Waals surface area contributed by atoms with Crippen LogP contribution in [0.25, 0.3) is 47.9 Å². The summed E-state index contributed by atoms with van der Waals surface area (Å²) < 4.78 is 0. The van der Waals surface area contributed by atoms with Crippen LogP contribution in [0.2, 0.25) is 0 Å². The number of rotatable bonds is 18. The summed E-state index contributed by atoms with van der Waals surface area (Å²) in [6.07, 6.45) is 0. The molecule has 0 aliphatic heterocycles. The zero-order valence-corrected chi connectivity index (χ0v) is 59.8. The molecule has 0 spiro atoms. The Balaban J connectivity index is -0.0000000188. The molecule has 0 atom stereocenters. The van der Waals surface area contributed by atoms with Crippen LogP contribution in [0.15, 0.2) is 0 Å². The van der Waals surface area contributed by atoms with Crippen LogP contribution in [0.5, 0.6) is 0 Å². The van der Waals surface area contributed by atoms with E-state index in [2.05, 4.69) is 0 Å². The number of carbonyl (C=O) groups is 6. The van der Waals surface area contributed by atoms with Crippen molar-refractivity contribution in [1.82, 2.24) is 14.7 Å². The second-order valence-corrected chi connectivity index (χ2v) is 14.2. The molecule has 0 aromatic carbocycles. The maximum atomic E-state index is 9.87. The third kappa shape index (κ3) is 335. The van der Waals surface area contributed by atoms with E-state index < -0.39 is 35.8 Å². The van der Waals surface area contributed by atoms with Crippen LogP contribution < -0.4 is 76.6 Å². The van der Waals surface area contributed by atoms with Crippen LogP contribution in [-0.2, 0) is 182 Å². The number of carboxylic acids is 6. The molecular weight excluding hydrogens is 1500 g/mol. The van der Waals surface area contributed by atoms with Gasteiger partial charge in [-0.1, -0.05) is 83.1 Å². The molecule has 0 rings (SSSR count). The molecule has 0 bridgehead atoms. The van der Waals surface area contributed by atoms with Crippen LogP contribution in [0.3, 0.4) is 0 Å². The predicted molar refractivity (Wildman–Crippen MR) is 251 cm³/mol. The van der Waals surface area contributed by atoms with Gasteiger partial charge in [-0.2, -0.15) is 21.3 Å². The number of hydrogen-bond donors (Lipinski definition) is 0. The molecule has 0 amide bonds. The first-order valence-corrected chi connectivity index (χ1v) is 21.5. The van der Waals surface area contributed by atoms with Gasteiger partial charge in [-0.25, -0.2) is 0 Å². The molecule has 0 aromatic rings. The van der Waals surface area contributed by atoms with E-state index >= 15 is 0 Å². The van der Waals surface area contributed by atoms with E-state index in [1.807, 2.05) is 0 Å². The van der Waals surface area contributed by atoms with Gasteiger partial charge < -0.3 is 170 Å². The Labute approximate surface area is 592 Å². The molecule has 517 valence electrons. The van der Waals surface area contributed by atoms with Crippen molar-refractivity contribution >= 4 is 35.8 Å². The molecule has 0 heterocycles. The van der Waals surface area contributed by atoms with Crippen LogP contribution in [0, 0.1) is 35.5 Å². The first kappa shape index (κ1) is 172. The minimum absolute atomic E-state index is 0. The van der Waals surface area contributed by atoms with E-state index in [-0.39, 0.29) is 228 Å². The average Bonchev–Trinajstić information content (AvgIpc) is 3.31. The Hall–Kier alpha value is -1.69. The summed E-state index contributed by atoms with van der Waals surface area (Å²) >= 11 is 0. The van der Waals surface area contributed by atoms with Crippen molar-refractivity contribution in [2.45, 2.75) is 83.1 Å². The maximum absolute atomic E-state index is 9.87. The maximum Gasteiger partial charge on any atom is 4.00 e. The summed E-state index contributed by atoms with van der Waals surface area (Å²) in [5.41, 5.74) is 40.5. The smallest absolute Gasteiger partial charge is 2.00 e. The van der Waals surface area contributed by atoms with Crippen molar-refractivity contribution < 1.29 is 258 Å². The number of likely N-dealkylation sites (N-methyl/N-ethyl adjacent to an activating group) is 3. The predicted octanol–water partition coefficient (Wildman–Crippen LogP) is -11.6. The van der Waals surface area contributed by atoms with E-state index in [0.29, 0.717) is 39.3 Å². The molecule has 44 heteroatoms. The van der Waals surface area contributed by atoms with Gasteiger partial charge in [-0.05, 0) is 95.9 Å². The number of aliphatic carboxylic acids is 6. The van der Waals surface area contributed by atoms with Gasteiger partial charge in [-0.3, -0.25) is 14.7 Å². The number of hydrogen-bond acceptors (Lipinski definition) is 24. The van der Waals surface area contributed by atoms with Crippen LogP contribution in [-0.4, -0.2) is 172 Å². The van der Waals surface area contributed by atoms with Crippen LogP contribution >= 0.6 is 0 Å². The molecule has 0 N–H and O–H groups in total. The van der Waals surface area contributed by atoms with Crippen molar-refractivity contribution in [2.24, 2.45) is 35.5 Å². The second-order valence-electron chi connectivity index (χ2n) is 14.2. The fourth-order valence-electron chi connectivity index (χ4n) is 1.27. The summed E-state index contributed by atoms with van der Waals surface area (Å²) in [7, 11) is 7.57. The topological polar surface area (TPSA) is 720 Å². The SMILES string of the molecule is CC(C)C(=O)[O-].CC(C)C(=O)[O-].CC(C)C(=O)[O-].CC(C)C(=O)[O-].CC(C)C(=O)[O-].CC(C)C(=O)[O-].CN(CC[O-])CC[O-].CN(CC[O-])CC[O-].CN(CC[O-])CC[O-].C[O-].C[O-].C[O-].[Fe+3].[Fe+3].[Fe+3].[Fe+3].[Fe+3].[Fe+4].[Fe+4].[Fe+4].[N-]=[N+]=[N-].[N-]=[N+]=[N-].[N-]=[N+]=[N-].[O-2].[O-2].[O-2]. The molecule has 5 radical (unpaired) electrons. The average molecular weight is 1590 g/mol. The van der Waals surface area contributed by atoms with E-state index in [9.17, 15) is 90.0 Å². The summed E-state index contributed by atoms with van der Waals surface area (Å²) in [4.78, 5) is 67.2. The Kier molecular flexibility index (Phi) is 332. The fourth-order valence-corrected chi connectivity index (χ4v) is 1.27. The van der Waals surface area contributed by atoms with Crippen LogP contribution in [0.1, 0.15) is 83.1 Å². The van der Waals surface area contributed by atoms with Crippen molar-refractivity contribution in [2.75, 3.05) is 121 Å². The molecular formula is C42H84Fe8N12O24+3. The molecule has 0 aliphatic rings. The van der Waals surface area contributed by atoms with E-state index in [1.54, 1.807) is 119 Å². The quantitative estimate of drug-likeness (QED) is 0.0532. The van der Waals surface area contributed by atoms with Gasteiger partial charge in [0, 0.05) is 35.8 Å². The van der Waals surface area contributed by atoms with Crippen molar-refractivity contribution in [3.05, 3.63) is 47.9 Å². The summed E-state index contributed by atoms with van der Waals surface area (Å²) in [6, 6.07) is 0. The molecule has 0 saturated carbocycles. The molecule has 86 heavy (non-hydrogen) atoms. The standard InChI is InChI=1S/3C5H11NO2.6C4H8O2.3CH3O.8Fe.3N3.3O/c3*1-6(2-4-7)3-5-8;6*1-3(2)4(5)6;3*1-2;;;;;;;;;3*1-3-2;;;/h3*2-5H2,1H3;6*3H,1-2H3,(H,5,6);3*1H3;;;;;;;;;;;;;;/q3*-2;;;;;;;3*-1;5*+3;3*+4;3*-1;3*-2/p-6. The largest absolute Gasteiger partial charge is 4.00 e. The monoisotopic (exact) mass is 1590 g/mol. The van der Waals surface area contributed by atoms with E-state index in [1.165, 1.54) is 14.7 Å². The third-order valence-electron chi connectivity index (χ3n) is 5.67. The Morgan fingerprint density at radius 1 is 0.291 bits per heavy atom. The van der Waals surface area contributed by atoms with E-state index in [0.717, 1.165) is 21.3 Å². The molecule has 0 fully saturated rings. The molecule has 0 aromatic heterocycles. The van der Waals surface area contributed by atoms with Gasteiger partial charge in [0.2, 0.25) is 0 Å². The van der Waals surface area contributed by atoms with Crippen molar-refractivity contribution in [1.29, 1.82) is 0 Å². The molecule has 0 saturated heterocycles. The zero-order valence-electron chi connectivity index (χ0n) is 50.9. The van der Waals surface area contributed by atoms with Gasteiger partial charge in [0.25, 0.3) is 0 Å². The van der Waals surface area contributed by atoms with Gasteiger partial charge in [0.05, 0.1) is 0 Å². The van der Waals surface area contributed by atoms with Crippen LogP contribution in [0.4, 0.5) is 0 Å². The number of carbonyl (C=O) groups excluding carboxylic acids is 6. The summed E-state index contributed by atoms with van der Waals surface area (Å²) in [5.74, 6) is -8.00. The molecule has 36 nitrogen and oxygen atoms in total. The minimum Gasteiger partial charge on any atom is -2.00 e. The normalized spacial score (nSPS) is 7.26. The van der Waals surface area contributed by atoms with Gasteiger partial charge in [-0.15, -0.1) is 39.6 Å². The Morgan fingerprint density at radius 2 is 0.337 bits per heavy atom. The van der Waals surface area contributed by atoms with Gasteiger partial charge in [0.15, 0.2) is 0 Å². The van der Waals surface area contributed by atoms with Crippen molar-refractivity contribution in [3.63, 3.8) is 0 Å². The summed E-state index contributed by atoms with van der Waals surface area (Å²) in [5, 5.41) is 142. The summed E-state index contributed by atoms with van der Waals surface area (Å²) in [6.45, 7) is 21.2. The second kappa shape index (κ2) is 166. The number of nitrogens with zero attached hydrogens (tertiary/aromatic N) is 12. The first-order valence-electron chi connectivity index (χ1n) is 21.5. The van der Waals surface area contributed by atoms with Gasteiger partial charge >= 0.3 is 137 Å². The third-order valence-corrected chi connectivity index (χ3v) is 5.67. The molecule has 0 unspecified atom stereocenters.